The number of aryl methyl sites for hydroxylation is 1. The van der Waals surface area contributed by atoms with Crippen molar-refractivity contribution in [3.63, 3.8) is 0 Å². The van der Waals surface area contributed by atoms with E-state index in [1.54, 1.807) is 24.3 Å². The average molecular weight is 537 g/mol. The number of rotatable bonds is 9. The van der Waals surface area contributed by atoms with Crippen LogP contribution in [-0.2, 0) is 18.7 Å². The molecular formula is C31H40O4SSi. The van der Waals surface area contributed by atoms with Gasteiger partial charge in [0.1, 0.15) is 0 Å². The molecule has 3 aromatic carbocycles. The Balaban J connectivity index is 1.39. The van der Waals surface area contributed by atoms with E-state index in [4.69, 9.17) is 8.61 Å². The largest absolute Gasteiger partial charge is 0.407 e. The maximum Gasteiger partial charge on any atom is 0.297 e. The van der Waals surface area contributed by atoms with E-state index in [0.717, 1.165) is 37.7 Å². The minimum atomic E-state index is -3.73. The van der Waals surface area contributed by atoms with Crippen molar-refractivity contribution in [2.24, 2.45) is 5.92 Å². The third-order valence-electron chi connectivity index (χ3n) is 7.63. The van der Waals surface area contributed by atoms with Crippen molar-refractivity contribution in [3.8, 4) is 0 Å². The van der Waals surface area contributed by atoms with Crippen molar-refractivity contribution in [1.29, 1.82) is 0 Å². The molecule has 0 amide bonds. The number of hydrogen-bond donors (Lipinski definition) is 0. The van der Waals surface area contributed by atoms with E-state index >= 15 is 0 Å². The lowest BCUT2D eigenvalue weighted by Crippen LogP contribution is -2.66. The highest BCUT2D eigenvalue weighted by Crippen LogP contribution is 2.37. The molecule has 4 nitrogen and oxygen atoms in total. The second-order valence-corrected chi connectivity index (χ2v) is 17.2. The van der Waals surface area contributed by atoms with Gasteiger partial charge in [0, 0.05) is 6.61 Å². The molecule has 0 atom stereocenters. The van der Waals surface area contributed by atoms with Gasteiger partial charge in [0.25, 0.3) is 18.4 Å². The van der Waals surface area contributed by atoms with Crippen molar-refractivity contribution in [1.82, 2.24) is 0 Å². The van der Waals surface area contributed by atoms with Crippen LogP contribution in [0.4, 0.5) is 0 Å². The number of hydrogen-bond acceptors (Lipinski definition) is 4. The maximum atomic E-state index is 12.7. The van der Waals surface area contributed by atoms with Gasteiger partial charge in [-0.05, 0) is 72.5 Å². The normalized spacial score (nSPS) is 19.0. The standard InChI is InChI=1S/C31H40O4SSi/c1-25-15-21-28(22-16-25)36(32,33)35-27-19-17-26(18-20-27)23-24-34-37(31(2,3)4,29-11-7-5-8-12-29)30-13-9-6-10-14-30/h5-16,21-22,26-27H,17-20,23-24H2,1-4H3/t26-,27+. The summed E-state index contributed by atoms with van der Waals surface area (Å²) in [4.78, 5) is 0.235. The number of benzene rings is 3. The fraction of sp³-hybridized carbons (Fsp3) is 0.419. The highest BCUT2D eigenvalue weighted by Gasteiger charge is 2.50. The zero-order valence-electron chi connectivity index (χ0n) is 22.5. The van der Waals surface area contributed by atoms with E-state index in [1.807, 2.05) is 6.92 Å². The highest BCUT2D eigenvalue weighted by atomic mass is 32.2. The molecule has 37 heavy (non-hydrogen) atoms. The molecule has 0 saturated heterocycles. The Hall–Kier alpha value is -2.25. The first-order valence-electron chi connectivity index (χ1n) is 13.4. The molecule has 1 fully saturated rings. The molecular weight excluding hydrogens is 496 g/mol. The van der Waals surface area contributed by atoms with Crippen LogP contribution in [0.15, 0.2) is 89.8 Å². The van der Waals surface area contributed by atoms with E-state index in [1.165, 1.54) is 10.4 Å². The fourth-order valence-corrected chi connectivity index (χ4v) is 11.3. The van der Waals surface area contributed by atoms with Gasteiger partial charge in [0.05, 0.1) is 11.0 Å². The Morgan fingerprint density at radius 2 is 1.30 bits per heavy atom. The summed E-state index contributed by atoms with van der Waals surface area (Å²) in [6, 6.07) is 28.3. The molecule has 198 valence electrons. The quantitative estimate of drug-likeness (QED) is 0.240. The summed E-state index contributed by atoms with van der Waals surface area (Å²) in [6.07, 6.45) is 4.16. The predicted octanol–water partition coefficient (Wildman–Crippen LogP) is 6.23. The van der Waals surface area contributed by atoms with Crippen LogP contribution in [0.1, 0.15) is 58.4 Å². The average Bonchev–Trinajstić information content (AvgIpc) is 2.88. The topological polar surface area (TPSA) is 52.6 Å². The highest BCUT2D eigenvalue weighted by molar-refractivity contribution is 7.86. The zero-order chi connectivity index (χ0) is 26.5. The fourth-order valence-electron chi connectivity index (χ4n) is 5.60. The van der Waals surface area contributed by atoms with Gasteiger partial charge in [-0.15, -0.1) is 0 Å². The van der Waals surface area contributed by atoms with Crippen LogP contribution in [0.2, 0.25) is 5.04 Å². The van der Waals surface area contributed by atoms with Crippen molar-refractivity contribution in [2.45, 2.75) is 75.8 Å². The summed E-state index contributed by atoms with van der Waals surface area (Å²) in [5.74, 6) is 0.514. The first kappa shape index (κ1) is 27.8. The van der Waals surface area contributed by atoms with Gasteiger partial charge in [-0.25, -0.2) is 0 Å². The van der Waals surface area contributed by atoms with Crippen LogP contribution in [0, 0.1) is 12.8 Å². The Labute approximate surface area is 224 Å². The van der Waals surface area contributed by atoms with Crippen LogP contribution in [0.5, 0.6) is 0 Å². The van der Waals surface area contributed by atoms with Crippen molar-refractivity contribution < 1.29 is 17.0 Å². The van der Waals surface area contributed by atoms with Crippen LogP contribution in [0.25, 0.3) is 0 Å². The van der Waals surface area contributed by atoms with Crippen molar-refractivity contribution in [2.75, 3.05) is 6.61 Å². The van der Waals surface area contributed by atoms with Gasteiger partial charge in [-0.2, -0.15) is 8.42 Å². The van der Waals surface area contributed by atoms with Crippen LogP contribution >= 0.6 is 0 Å². The predicted molar refractivity (Wildman–Crippen MR) is 153 cm³/mol. The van der Waals surface area contributed by atoms with Crippen LogP contribution in [0.3, 0.4) is 0 Å². The molecule has 0 unspecified atom stereocenters. The summed E-state index contributed by atoms with van der Waals surface area (Å²) in [5, 5.41) is 2.56. The maximum absolute atomic E-state index is 12.7. The third kappa shape index (κ3) is 6.43. The SMILES string of the molecule is Cc1ccc(S(=O)(=O)O[C@H]2CC[C@@H](CCO[Si](c3ccccc3)(c3ccccc3)C(C)(C)C)CC2)cc1. The Morgan fingerprint density at radius 3 is 1.78 bits per heavy atom. The second kappa shape index (κ2) is 11.6. The van der Waals surface area contributed by atoms with Crippen LogP contribution < -0.4 is 10.4 Å². The minimum absolute atomic E-state index is 0.0362. The first-order valence-corrected chi connectivity index (χ1v) is 16.7. The summed E-state index contributed by atoms with van der Waals surface area (Å²) in [7, 11) is -6.25. The van der Waals surface area contributed by atoms with Gasteiger partial charge < -0.3 is 4.43 Å². The summed E-state index contributed by atoms with van der Waals surface area (Å²) < 4.78 is 38.1. The van der Waals surface area contributed by atoms with Gasteiger partial charge in [-0.3, -0.25) is 4.18 Å². The molecule has 1 saturated carbocycles. The van der Waals surface area contributed by atoms with E-state index in [2.05, 4.69) is 81.4 Å². The molecule has 0 aromatic heterocycles. The molecule has 0 radical (unpaired) electrons. The molecule has 3 aromatic rings. The molecule has 6 heteroatoms. The van der Waals surface area contributed by atoms with Crippen LogP contribution in [-0.4, -0.2) is 29.4 Å². The van der Waals surface area contributed by atoms with E-state index in [-0.39, 0.29) is 16.0 Å². The molecule has 1 aliphatic rings. The van der Waals surface area contributed by atoms with Crippen molar-refractivity contribution in [3.05, 3.63) is 90.5 Å². The summed E-state index contributed by atoms with van der Waals surface area (Å²) in [6.45, 7) is 9.55. The van der Waals surface area contributed by atoms with Gasteiger partial charge in [0.2, 0.25) is 0 Å². The lowest BCUT2D eigenvalue weighted by molar-refractivity contribution is 0.126. The lowest BCUT2D eigenvalue weighted by Gasteiger charge is -2.43. The monoisotopic (exact) mass is 536 g/mol. The van der Waals surface area contributed by atoms with Gasteiger partial charge in [0.15, 0.2) is 0 Å². The molecule has 0 heterocycles. The second-order valence-electron chi connectivity index (χ2n) is 11.3. The Kier molecular flexibility index (Phi) is 8.74. The summed E-state index contributed by atoms with van der Waals surface area (Å²) >= 11 is 0. The molecule has 0 aliphatic heterocycles. The molecule has 0 N–H and O–H groups in total. The molecule has 0 spiro atoms. The minimum Gasteiger partial charge on any atom is -0.407 e. The van der Waals surface area contributed by atoms with Crippen molar-refractivity contribution >= 4 is 28.8 Å². The third-order valence-corrected chi connectivity index (χ3v) is 14.0. The van der Waals surface area contributed by atoms with Gasteiger partial charge in [-0.1, -0.05) is 99.1 Å². The molecule has 4 rings (SSSR count). The zero-order valence-corrected chi connectivity index (χ0v) is 24.3. The van der Waals surface area contributed by atoms with Gasteiger partial charge >= 0.3 is 0 Å². The van der Waals surface area contributed by atoms with E-state index < -0.39 is 18.4 Å². The Bertz CT molecular complexity index is 1190. The smallest absolute Gasteiger partial charge is 0.297 e. The molecule has 0 bridgehead atoms. The summed E-state index contributed by atoms with van der Waals surface area (Å²) in [5.41, 5.74) is 1.03. The van der Waals surface area contributed by atoms with E-state index in [9.17, 15) is 8.42 Å². The van der Waals surface area contributed by atoms with E-state index in [0.29, 0.717) is 12.5 Å². The molecule has 1 aliphatic carbocycles. The Morgan fingerprint density at radius 1 is 0.784 bits per heavy atom. The first-order chi connectivity index (χ1) is 17.6. The lowest BCUT2D eigenvalue weighted by atomic mass is 9.86.